The Morgan fingerprint density at radius 3 is 2.85 bits per heavy atom. The molecule has 0 bridgehead atoms. The van der Waals surface area contributed by atoms with Crippen molar-refractivity contribution in [3.63, 3.8) is 0 Å². The summed E-state index contributed by atoms with van der Waals surface area (Å²) in [6, 6.07) is 0. The molecule has 0 radical (unpaired) electrons. The maximum atomic E-state index is 12.1. The molecule has 2 aliphatic carbocycles. The van der Waals surface area contributed by atoms with Gasteiger partial charge in [-0.3, -0.25) is 4.79 Å². The minimum absolute atomic E-state index is 0.143. The van der Waals surface area contributed by atoms with Crippen molar-refractivity contribution in [2.45, 2.75) is 50.4 Å². The van der Waals surface area contributed by atoms with Crippen LogP contribution in [-0.2, 0) is 14.9 Å². The number of ether oxygens (including phenoxy) is 1. The summed E-state index contributed by atoms with van der Waals surface area (Å²) in [5.74, 6) is 1.29. The number of rotatable bonds is 4. The van der Waals surface area contributed by atoms with Crippen molar-refractivity contribution in [3.8, 4) is 0 Å². The third-order valence-electron chi connectivity index (χ3n) is 4.31. The second-order valence-corrected chi connectivity index (χ2v) is 6.55. The first kappa shape index (κ1) is 12.3. The average molecular weight is 292 g/mol. The van der Waals surface area contributed by atoms with Crippen molar-refractivity contribution >= 4 is 22.3 Å². The molecule has 0 spiro atoms. The molecule has 6 nitrogen and oxygen atoms in total. The summed E-state index contributed by atoms with van der Waals surface area (Å²) in [5.41, 5.74) is -0.502. The zero-order valence-electron chi connectivity index (χ0n) is 11.3. The van der Waals surface area contributed by atoms with Crippen molar-refractivity contribution in [1.29, 1.82) is 0 Å². The molecule has 0 unspecified atom stereocenters. The SMILES string of the molecule is CCOC(=O)C1(c2nn3c(C4CCC4)nnc3s2)CC1. The fourth-order valence-corrected chi connectivity index (χ4v) is 3.73. The lowest BCUT2D eigenvalue weighted by molar-refractivity contribution is -0.146. The van der Waals surface area contributed by atoms with Gasteiger partial charge in [-0.2, -0.15) is 9.61 Å². The number of carbonyl (C=O) groups is 1. The van der Waals surface area contributed by atoms with Crippen LogP contribution in [-0.4, -0.2) is 32.4 Å². The molecular formula is C13H16N4O2S. The van der Waals surface area contributed by atoms with Gasteiger partial charge in [0, 0.05) is 5.92 Å². The summed E-state index contributed by atoms with van der Waals surface area (Å²) in [5, 5.41) is 13.9. The van der Waals surface area contributed by atoms with Gasteiger partial charge in [0.15, 0.2) is 5.82 Å². The van der Waals surface area contributed by atoms with Crippen LogP contribution in [0.5, 0.6) is 0 Å². The normalized spacial score (nSPS) is 20.9. The number of carbonyl (C=O) groups excluding carboxylic acids is 1. The Hall–Kier alpha value is -1.50. The Labute approximate surface area is 120 Å². The zero-order chi connectivity index (χ0) is 13.7. The summed E-state index contributed by atoms with van der Waals surface area (Å²) in [6.45, 7) is 2.25. The highest BCUT2D eigenvalue weighted by Crippen LogP contribution is 2.50. The topological polar surface area (TPSA) is 69.4 Å². The van der Waals surface area contributed by atoms with Gasteiger partial charge in [0.2, 0.25) is 4.96 Å². The Morgan fingerprint density at radius 1 is 1.45 bits per heavy atom. The fraction of sp³-hybridized carbons (Fsp3) is 0.692. The van der Waals surface area contributed by atoms with E-state index >= 15 is 0 Å². The van der Waals surface area contributed by atoms with Gasteiger partial charge in [-0.05, 0) is 32.6 Å². The largest absolute Gasteiger partial charge is 0.465 e. The van der Waals surface area contributed by atoms with Gasteiger partial charge in [0.25, 0.3) is 0 Å². The molecule has 0 saturated heterocycles. The molecular weight excluding hydrogens is 276 g/mol. The van der Waals surface area contributed by atoms with Crippen LogP contribution in [0, 0.1) is 0 Å². The summed E-state index contributed by atoms with van der Waals surface area (Å²) in [4.78, 5) is 12.9. The Kier molecular flexibility index (Phi) is 2.60. The van der Waals surface area contributed by atoms with E-state index in [-0.39, 0.29) is 5.97 Å². The number of fused-ring (bicyclic) bond motifs is 1. The van der Waals surface area contributed by atoms with Crippen LogP contribution in [0.15, 0.2) is 0 Å². The van der Waals surface area contributed by atoms with E-state index in [4.69, 9.17) is 4.74 Å². The van der Waals surface area contributed by atoms with Gasteiger partial charge in [0.1, 0.15) is 10.4 Å². The van der Waals surface area contributed by atoms with E-state index < -0.39 is 5.41 Å². The fourth-order valence-electron chi connectivity index (χ4n) is 2.65. The van der Waals surface area contributed by atoms with Crippen LogP contribution in [0.1, 0.15) is 55.8 Å². The predicted octanol–water partition coefficient (Wildman–Crippen LogP) is 2.05. The lowest BCUT2D eigenvalue weighted by Crippen LogP contribution is -2.23. The van der Waals surface area contributed by atoms with E-state index in [0.717, 1.165) is 41.5 Å². The maximum absolute atomic E-state index is 12.1. The summed E-state index contributed by atoms with van der Waals surface area (Å²) in [7, 11) is 0. The molecule has 2 fully saturated rings. The standard InChI is InChI=1S/C13H16N4O2S/c1-2-19-11(18)13(6-7-13)10-16-17-9(8-4-3-5-8)14-15-12(17)20-10/h8H,2-7H2,1H3. The number of nitrogens with zero attached hydrogens (tertiary/aromatic N) is 4. The van der Waals surface area contributed by atoms with Gasteiger partial charge in [-0.15, -0.1) is 10.2 Å². The van der Waals surface area contributed by atoms with E-state index in [1.165, 1.54) is 17.8 Å². The first-order chi connectivity index (χ1) is 9.74. The first-order valence-electron chi connectivity index (χ1n) is 7.14. The number of hydrogen-bond donors (Lipinski definition) is 0. The van der Waals surface area contributed by atoms with E-state index in [0.29, 0.717) is 12.5 Å². The summed E-state index contributed by atoms with van der Waals surface area (Å²) in [6.07, 6.45) is 5.24. The molecule has 0 N–H and O–H groups in total. The van der Waals surface area contributed by atoms with Crippen LogP contribution in [0.4, 0.5) is 0 Å². The minimum atomic E-state index is -0.502. The highest BCUT2D eigenvalue weighted by Gasteiger charge is 2.56. The van der Waals surface area contributed by atoms with Crippen molar-refractivity contribution in [2.24, 2.45) is 0 Å². The van der Waals surface area contributed by atoms with E-state index in [2.05, 4.69) is 15.3 Å². The number of hydrogen-bond acceptors (Lipinski definition) is 6. The van der Waals surface area contributed by atoms with Gasteiger partial charge in [0.05, 0.1) is 6.61 Å². The number of esters is 1. The van der Waals surface area contributed by atoms with Crippen molar-refractivity contribution < 1.29 is 9.53 Å². The average Bonchev–Trinajstić information content (AvgIpc) is 2.94. The molecule has 2 aromatic rings. The third kappa shape index (κ3) is 1.62. The molecule has 2 saturated carbocycles. The molecule has 0 atom stereocenters. The quantitative estimate of drug-likeness (QED) is 0.807. The Balaban J connectivity index is 1.71. The molecule has 20 heavy (non-hydrogen) atoms. The molecule has 2 heterocycles. The molecule has 0 aliphatic heterocycles. The van der Waals surface area contributed by atoms with E-state index in [1.54, 1.807) is 0 Å². The molecule has 4 rings (SSSR count). The van der Waals surface area contributed by atoms with Crippen molar-refractivity contribution in [2.75, 3.05) is 6.61 Å². The van der Waals surface area contributed by atoms with Crippen molar-refractivity contribution in [3.05, 3.63) is 10.8 Å². The zero-order valence-corrected chi connectivity index (χ0v) is 12.2. The second-order valence-electron chi connectivity index (χ2n) is 5.59. The van der Waals surface area contributed by atoms with Crippen molar-refractivity contribution in [1.82, 2.24) is 19.8 Å². The van der Waals surface area contributed by atoms with E-state index in [1.807, 2.05) is 11.4 Å². The molecule has 106 valence electrons. The lowest BCUT2D eigenvalue weighted by Gasteiger charge is -2.22. The molecule has 7 heteroatoms. The number of aromatic nitrogens is 4. The Morgan fingerprint density at radius 2 is 2.25 bits per heavy atom. The Bertz CT molecular complexity index is 669. The van der Waals surface area contributed by atoms with E-state index in [9.17, 15) is 4.79 Å². The molecule has 0 amide bonds. The predicted molar refractivity (Wildman–Crippen MR) is 72.8 cm³/mol. The summed E-state index contributed by atoms with van der Waals surface area (Å²) >= 11 is 1.47. The van der Waals surface area contributed by atoms with Gasteiger partial charge < -0.3 is 4.74 Å². The second kappa shape index (κ2) is 4.25. The molecule has 0 aromatic carbocycles. The van der Waals surface area contributed by atoms with Crippen LogP contribution < -0.4 is 0 Å². The maximum Gasteiger partial charge on any atom is 0.319 e. The first-order valence-corrected chi connectivity index (χ1v) is 7.96. The minimum Gasteiger partial charge on any atom is -0.465 e. The third-order valence-corrected chi connectivity index (χ3v) is 5.41. The van der Waals surface area contributed by atoms with Crippen LogP contribution >= 0.6 is 11.3 Å². The smallest absolute Gasteiger partial charge is 0.319 e. The highest BCUT2D eigenvalue weighted by molar-refractivity contribution is 7.17. The van der Waals surface area contributed by atoms with Gasteiger partial charge >= 0.3 is 5.97 Å². The van der Waals surface area contributed by atoms with Gasteiger partial charge in [-0.25, -0.2) is 0 Å². The highest BCUT2D eigenvalue weighted by atomic mass is 32.1. The lowest BCUT2D eigenvalue weighted by atomic mass is 9.85. The van der Waals surface area contributed by atoms with Crippen LogP contribution in [0.25, 0.3) is 4.96 Å². The monoisotopic (exact) mass is 292 g/mol. The van der Waals surface area contributed by atoms with Gasteiger partial charge in [-0.1, -0.05) is 17.8 Å². The molecule has 2 aliphatic rings. The van der Waals surface area contributed by atoms with Crippen LogP contribution in [0.3, 0.4) is 0 Å². The molecule has 2 aromatic heterocycles. The van der Waals surface area contributed by atoms with Crippen LogP contribution in [0.2, 0.25) is 0 Å². The summed E-state index contributed by atoms with van der Waals surface area (Å²) < 4.78 is 7.03.